The fraction of sp³-hybridized carbons (Fsp3) is 0.312. The van der Waals surface area contributed by atoms with Gasteiger partial charge in [-0.1, -0.05) is 18.2 Å². The maximum absolute atomic E-state index is 12.8. The van der Waals surface area contributed by atoms with Crippen LogP contribution in [0.1, 0.15) is 24.5 Å². The van der Waals surface area contributed by atoms with E-state index in [4.69, 9.17) is 0 Å². The molecule has 1 N–H and O–H groups in total. The van der Waals surface area contributed by atoms with Crippen LogP contribution in [0, 0.1) is 0 Å². The van der Waals surface area contributed by atoms with Crippen molar-refractivity contribution in [2.75, 3.05) is 13.6 Å². The van der Waals surface area contributed by atoms with Crippen LogP contribution in [0.25, 0.3) is 0 Å². The van der Waals surface area contributed by atoms with Crippen LogP contribution < -0.4 is 5.32 Å². The summed E-state index contributed by atoms with van der Waals surface area (Å²) in [5, 5.41) is 2.99. The summed E-state index contributed by atoms with van der Waals surface area (Å²) in [6.45, 7) is 6.20. The first-order chi connectivity index (χ1) is 9.88. The topological polar surface area (TPSA) is 24.4 Å². The van der Waals surface area contributed by atoms with Crippen LogP contribution in [0.4, 0.5) is 13.2 Å². The number of benzene rings is 1. The second-order valence-corrected chi connectivity index (χ2v) is 4.65. The number of halogens is 3. The van der Waals surface area contributed by atoms with E-state index in [1.54, 1.807) is 18.3 Å². The number of aliphatic imine (C=N–C) groups is 1. The molecule has 0 bridgehead atoms. The Bertz CT molecular complexity index is 543. The first-order valence-corrected chi connectivity index (χ1v) is 6.54. The largest absolute Gasteiger partial charge is 0.416 e. The minimum absolute atomic E-state index is 0.407. The number of nitrogens with zero attached hydrogens (tertiary/aromatic N) is 1. The van der Waals surface area contributed by atoms with Gasteiger partial charge in [-0.05, 0) is 37.2 Å². The maximum Gasteiger partial charge on any atom is 0.416 e. The van der Waals surface area contributed by atoms with Crippen molar-refractivity contribution in [1.82, 2.24) is 5.32 Å². The molecular weight excluding hydrogens is 277 g/mol. The molecule has 0 spiro atoms. The standard InChI is InChI=1S/C16H19F3N2/c1-4-6-15(21-11-12(2)10-20-3)13-7-5-8-14(9-13)16(17,18)19/h4-5,7-9,11,20H,1,6,10H2,2-3H3/b12-11+,21-15+. The molecule has 114 valence electrons. The number of likely N-dealkylation sites (N-methyl/N-ethyl adjacent to an activating group) is 1. The van der Waals surface area contributed by atoms with Gasteiger partial charge in [0.25, 0.3) is 0 Å². The lowest BCUT2D eigenvalue weighted by Gasteiger charge is -2.09. The highest BCUT2D eigenvalue weighted by atomic mass is 19.4. The smallest absolute Gasteiger partial charge is 0.316 e. The number of hydrogen-bond acceptors (Lipinski definition) is 2. The zero-order valence-corrected chi connectivity index (χ0v) is 12.2. The zero-order chi connectivity index (χ0) is 15.9. The Morgan fingerprint density at radius 1 is 1.38 bits per heavy atom. The molecule has 0 aliphatic carbocycles. The molecule has 1 aromatic rings. The highest BCUT2D eigenvalue weighted by Crippen LogP contribution is 2.29. The van der Waals surface area contributed by atoms with Crippen molar-refractivity contribution >= 4 is 5.71 Å². The minimum Gasteiger partial charge on any atom is -0.316 e. The van der Waals surface area contributed by atoms with Gasteiger partial charge in [0.1, 0.15) is 0 Å². The van der Waals surface area contributed by atoms with E-state index in [9.17, 15) is 13.2 Å². The van der Waals surface area contributed by atoms with E-state index in [0.717, 1.165) is 17.7 Å². The van der Waals surface area contributed by atoms with E-state index in [0.29, 0.717) is 24.2 Å². The van der Waals surface area contributed by atoms with Crippen LogP contribution in [0.3, 0.4) is 0 Å². The predicted molar refractivity (Wildman–Crippen MR) is 80.5 cm³/mol. The Balaban J connectivity index is 3.14. The molecule has 0 amide bonds. The van der Waals surface area contributed by atoms with Crippen LogP contribution in [-0.4, -0.2) is 19.3 Å². The van der Waals surface area contributed by atoms with Crippen molar-refractivity contribution < 1.29 is 13.2 Å². The van der Waals surface area contributed by atoms with Crippen molar-refractivity contribution in [2.45, 2.75) is 19.5 Å². The Morgan fingerprint density at radius 3 is 2.67 bits per heavy atom. The highest BCUT2D eigenvalue weighted by Gasteiger charge is 2.30. The lowest BCUT2D eigenvalue weighted by molar-refractivity contribution is -0.137. The Morgan fingerprint density at radius 2 is 2.10 bits per heavy atom. The lowest BCUT2D eigenvalue weighted by atomic mass is 10.0. The zero-order valence-electron chi connectivity index (χ0n) is 12.2. The molecule has 0 heterocycles. The second kappa shape index (κ2) is 7.78. The Kier molecular flexibility index (Phi) is 6.37. The molecular formula is C16H19F3N2. The van der Waals surface area contributed by atoms with E-state index >= 15 is 0 Å². The quantitative estimate of drug-likeness (QED) is 0.617. The summed E-state index contributed by atoms with van der Waals surface area (Å²) < 4.78 is 38.3. The van der Waals surface area contributed by atoms with Gasteiger partial charge in [0, 0.05) is 19.2 Å². The molecule has 0 saturated heterocycles. The van der Waals surface area contributed by atoms with Gasteiger partial charge in [-0.3, -0.25) is 4.99 Å². The van der Waals surface area contributed by atoms with Gasteiger partial charge >= 0.3 is 6.18 Å². The summed E-state index contributed by atoms with van der Waals surface area (Å²) >= 11 is 0. The average molecular weight is 296 g/mol. The monoisotopic (exact) mass is 296 g/mol. The fourth-order valence-electron chi connectivity index (χ4n) is 1.77. The molecule has 0 fully saturated rings. The highest BCUT2D eigenvalue weighted by molar-refractivity contribution is 6.01. The van der Waals surface area contributed by atoms with Crippen LogP contribution >= 0.6 is 0 Å². The van der Waals surface area contributed by atoms with Crippen LogP contribution in [0.15, 0.2) is 53.7 Å². The van der Waals surface area contributed by atoms with Crippen molar-refractivity contribution in [3.8, 4) is 0 Å². The van der Waals surface area contributed by atoms with Gasteiger partial charge in [-0.25, -0.2) is 0 Å². The first-order valence-electron chi connectivity index (χ1n) is 6.54. The number of rotatable bonds is 6. The lowest BCUT2D eigenvalue weighted by Crippen LogP contribution is -2.09. The predicted octanol–water partition coefficient (Wildman–Crippen LogP) is 4.19. The van der Waals surface area contributed by atoms with E-state index in [-0.39, 0.29) is 0 Å². The SMILES string of the molecule is C=CC/C(=N\C=C(/C)CNC)c1cccc(C(F)(F)F)c1. The third-order valence-corrected chi connectivity index (χ3v) is 2.76. The van der Waals surface area contributed by atoms with Gasteiger partial charge < -0.3 is 5.32 Å². The summed E-state index contributed by atoms with van der Waals surface area (Å²) in [7, 11) is 1.82. The van der Waals surface area contributed by atoms with Crippen molar-refractivity contribution in [2.24, 2.45) is 4.99 Å². The molecule has 0 saturated carbocycles. The van der Waals surface area contributed by atoms with E-state index in [1.165, 1.54) is 6.07 Å². The number of hydrogen-bond donors (Lipinski definition) is 1. The van der Waals surface area contributed by atoms with Gasteiger partial charge in [0.2, 0.25) is 0 Å². The number of alkyl halides is 3. The minimum atomic E-state index is -4.35. The Hall–Kier alpha value is -1.88. The summed E-state index contributed by atoms with van der Waals surface area (Å²) in [5.41, 5.74) is 1.34. The molecule has 0 aliphatic rings. The van der Waals surface area contributed by atoms with Crippen molar-refractivity contribution in [3.63, 3.8) is 0 Å². The molecule has 1 rings (SSSR count). The normalized spacial score (nSPS) is 13.4. The summed E-state index contributed by atoms with van der Waals surface area (Å²) in [6, 6.07) is 5.18. The van der Waals surface area contributed by atoms with Gasteiger partial charge in [0.15, 0.2) is 0 Å². The molecule has 0 aromatic heterocycles. The number of nitrogens with one attached hydrogen (secondary N) is 1. The van der Waals surface area contributed by atoms with E-state index in [1.807, 2.05) is 14.0 Å². The van der Waals surface area contributed by atoms with E-state index < -0.39 is 11.7 Å². The fourth-order valence-corrected chi connectivity index (χ4v) is 1.77. The molecule has 5 heteroatoms. The van der Waals surface area contributed by atoms with Gasteiger partial charge in [-0.2, -0.15) is 13.2 Å². The van der Waals surface area contributed by atoms with Crippen LogP contribution in [0.2, 0.25) is 0 Å². The summed E-state index contributed by atoms with van der Waals surface area (Å²) in [5.74, 6) is 0. The molecule has 0 unspecified atom stereocenters. The molecule has 1 aromatic carbocycles. The maximum atomic E-state index is 12.8. The van der Waals surface area contributed by atoms with E-state index in [2.05, 4.69) is 16.9 Å². The Labute approximate surface area is 123 Å². The molecule has 0 atom stereocenters. The van der Waals surface area contributed by atoms with Crippen molar-refractivity contribution in [1.29, 1.82) is 0 Å². The average Bonchev–Trinajstić information content (AvgIpc) is 2.43. The van der Waals surface area contributed by atoms with Gasteiger partial charge in [0.05, 0.1) is 11.3 Å². The third kappa shape index (κ3) is 5.55. The molecule has 2 nitrogen and oxygen atoms in total. The number of allylic oxidation sites excluding steroid dienone is 1. The third-order valence-electron chi connectivity index (χ3n) is 2.76. The summed E-state index contributed by atoms with van der Waals surface area (Å²) in [6.07, 6.45) is -0.659. The first kappa shape index (κ1) is 17.2. The van der Waals surface area contributed by atoms with Gasteiger partial charge in [-0.15, -0.1) is 6.58 Å². The summed E-state index contributed by atoms with van der Waals surface area (Å²) in [4.78, 5) is 4.30. The molecule has 0 aliphatic heterocycles. The second-order valence-electron chi connectivity index (χ2n) is 4.65. The molecule has 21 heavy (non-hydrogen) atoms. The van der Waals surface area contributed by atoms with Crippen molar-refractivity contribution in [3.05, 3.63) is 59.8 Å². The molecule has 0 radical (unpaired) electrons. The van der Waals surface area contributed by atoms with Crippen LogP contribution in [-0.2, 0) is 6.18 Å². The van der Waals surface area contributed by atoms with Crippen LogP contribution in [0.5, 0.6) is 0 Å².